The van der Waals surface area contributed by atoms with Crippen molar-refractivity contribution in [2.75, 3.05) is 6.61 Å². The molecule has 0 bridgehead atoms. The highest BCUT2D eigenvalue weighted by molar-refractivity contribution is 5.37. The Hall–Kier alpha value is -4.12. The molecule has 4 aromatic rings. The van der Waals surface area contributed by atoms with E-state index in [4.69, 9.17) is 14.2 Å². The van der Waals surface area contributed by atoms with Crippen molar-refractivity contribution in [1.29, 1.82) is 0 Å². The number of aromatic amines is 2. The third-order valence-corrected chi connectivity index (χ3v) is 7.50. The molecule has 0 spiro atoms. The lowest BCUT2D eigenvalue weighted by atomic mass is 10.0. The van der Waals surface area contributed by atoms with Gasteiger partial charge in [0.05, 0.1) is 17.8 Å². The summed E-state index contributed by atoms with van der Waals surface area (Å²) in [4.78, 5) is 24.5. The molecule has 258 valence electrons. The van der Waals surface area contributed by atoms with Crippen LogP contribution in [0.2, 0.25) is 0 Å². The molecule has 0 amide bonds. The Balaban J connectivity index is 0.000000257. The second-order valence-electron chi connectivity index (χ2n) is 12.7. The van der Waals surface area contributed by atoms with E-state index in [9.17, 15) is 18.4 Å². The van der Waals surface area contributed by atoms with Crippen LogP contribution in [0.25, 0.3) is 0 Å². The van der Waals surface area contributed by atoms with Gasteiger partial charge in [-0.15, -0.1) is 0 Å². The minimum Gasteiger partial charge on any atom is -0.488 e. The first kappa shape index (κ1) is 37.3. The number of halogens is 2. The fourth-order valence-corrected chi connectivity index (χ4v) is 5.42. The van der Waals surface area contributed by atoms with Crippen LogP contribution in [0.5, 0.6) is 11.5 Å². The first-order valence-corrected chi connectivity index (χ1v) is 16.2. The molecule has 2 heterocycles. The summed E-state index contributed by atoms with van der Waals surface area (Å²) in [6, 6.07) is 9.85. The van der Waals surface area contributed by atoms with E-state index in [-0.39, 0.29) is 46.9 Å². The van der Waals surface area contributed by atoms with Gasteiger partial charge in [-0.1, -0.05) is 12.1 Å². The number of aromatic nitrogens is 4. The van der Waals surface area contributed by atoms with Gasteiger partial charge in [0.15, 0.2) is 23.1 Å². The van der Waals surface area contributed by atoms with E-state index >= 15 is 0 Å². The average Bonchev–Trinajstić information content (AvgIpc) is 3.44. The van der Waals surface area contributed by atoms with Gasteiger partial charge in [-0.25, -0.2) is 8.78 Å². The standard InChI is InChI=1S/C19H27FN2O3.C17H23FN2O2/c1-7-24-18(17-13(6)22(11(2)3)21-19(17)23)14-8-9-16(15(20)10-14)25-12(4)5;1-10(2)20-12(5)14(17(21)19-20)8-13-6-7-16(15(18)9-13)22-11(3)4/h8-12,18H,7H2,1-6H3,(H,21,23);6-7,9-11H,8H2,1-5H3,(H,19,21). The van der Waals surface area contributed by atoms with Gasteiger partial charge in [-0.3, -0.25) is 29.2 Å². The molecule has 0 aliphatic carbocycles. The van der Waals surface area contributed by atoms with E-state index in [0.29, 0.717) is 29.7 Å². The number of ether oxygens (including phenoxy) is 3. The largest absolute Gasteiger partial charge is 0.488 e. The first-order chi connectivity index (χ1) is 22.0. The zero-order valence-corrected chi connectivity index (χ0v) is 29.5. The quantitative estimate of drug-likeness (QED) is 0.163. The normalized spacial score (nSPS) is 12.2. The molecular formula is C36H50F2N4O5. The van der Waals surface area contributed by atoms with E-state index in [1.165, 1.54) is 12.1 Å². The maximum Gasteiger partial charge on any atom is 0.270 e. The fraction of sp³-hybridized carbons (Fsp3) is 0.500. The molecule has 2 aromatic heterocycles. The van der Waals surface area contributed by atoms with Gasteiger partial charge in [0.2, 0.25) is 0 Å². The Morgan fingerprint density at radius 3 is 1.68 bits per heavy atom. The SMILES string of the molecule is CCOC(c1ccc(OC(C)C)c(F)c1)c1c(C)n(C(C)C)[nH]c1=O.Cc1c(Cc2ccc(OC(C)C)c(F)c2)c(=O)[nH]n1C(C)C. The van der Waals surface area contributed by atoms with Crippen molar-refractivity contribution in [1.82, 2.24) is 19.6 Å². The summed E-state index contributed by atoms with van der Waals surface area (Å²) < 4.78 is 48.7. The molecule has 0 saturated heterocycles. The summed E-state index contributed by atoms with van der Waals surface area (Å²) in [5, 5.41) is 5.66. The van der Waals surface area contributed by atoms with Crippen LogP contribution in [0, 0.1) is 25.5 Å². The van der Waals surface area contributed by atoms with Crippen LogP contribution in [-0.4, -0.2) is 38.4 Å². The Kier molecular flexibility index (Phi) is 12.8. The summed E-state index contributed by atoms with van der Waals surface area (Å²) in [6.07, 6.45) is -0.421. The number of hydrogen-bond donors (Lipinski definition) is 2. The van der Waals surface area contributed by atoms with E-state index in [1.54, 1.807) is 28.9 Å². The van der Waals surface area contributed by atoms with Crippen LogP contribution < -0.4 is 20.6 Å². The zero-order valence-electron chi connectivity index (χ0n) is 29.5. The number of benzene rings is 2. The number of nitrogens with one attached hydrogen (secondary N) is 2. The van der Waals surface area contributed by atoms with Crippen LogP contribution in [0.15, 0.2) is 46.0 Å². The minimum absolute atomic E-state index is 0.0782. The fourth-order valence-electron chi connectivity index (χ4n) is 5.42. The van der Waals surface area contributed by atoms with Gasteiger partial charge in [0.25, 0.3) is 11.1 Å². The van der Waals surface area contributed by atoms with Crippen molar-refractivity contribution in [2.45, 2.75) is 113 Å². The molecule has 11 heteroatoms. The molecule has 9 nitrogen and oxygen atoms in total. The van der Waals surface area contributed by atoms with E-state index in [2.05, 4.69) is 10.2 Å². The molecule has 47 heavy (non-hydrogen) atoms. The molecule has 0 fully saturated rings. The van der Waals surface area contributed by atoms with Gasteiger partial charge in [0.1, 0.15) is 6.10 Å². The Morgan fingerprint density at radius 1 is 0.723 bits per heavy atom. The molecule has 0 saturated carbocycles. The van der Waals surface area contributed by atoms with Crippen LogP contribution in [0.1, 0.15) is 114 Å². The third kappa shape index (κ3) is 9.24. The summed E-state index contributed by atoms with van der Waals surface area (Å²) in [7, 11) is 0. The Bertz CT molecular complexity index is 1750. The molecule has 0 aliphatic heterocycles. The van der Waals surface area contributed by atoms with Crippen molar-refractivity contribution in [2.24, 2.45) is 0 Å². The number of hydrogen-bond acceptors (Lipinski definition) is 5. The summed E-state index contributed by atoms with van der Waals surface area (Å²) in [6.45, 7) is 21.4. The summed E-state index contributed by atoms with van der Waals surface area (Å²) in [5.74, 6) is -0.430. The predicted octanol–water partition coefficient (Wildman–Crippen LogP) is 7.70. The van der Waals surface area contributed by atoms with Gasteiger partial charge in [0, 0.05) is 42.1 Å². The highest BCUT2D eigenvalue weighted by atomic mass is 19.1. The molecule has 1 unspecified atom stereocenters. The van der Waals surface area contributed by atoms with Gasteiger partial charge in [-0.05, 0) is 112 Å². The number of H-pyrrole nitrogens is 2. The maximum atomic E-state index is 14.4. The topological polar surface area (TPSA) is 103 Å². The average molecular weight is 657 g/mol. The second-order valence-corrected chi connectivity index (χ2v) is 12.7. The summed E-state index contributed by atoms with van der Waals surface area (Å²) >= 11 is 0. The number of rotatable bonds is 12. The van der Waals surface area contributed by atoms with E-state index in [1.807, 2.05) is 80.8 Å². The Morgan fingerprint density at radius 2 is 1.23 bits per heavy atom. The van der Waals surface area contributed by atoms with E-state index < -0.39 is 17.7 Å². The first-order valence-electron chi connectivity index (χ1n) is 16.2. The lowest BCUT2D eigenvalue weighted by Crippen LogP contribution is -2.16. The van der Waals surface area contributed by atoms with Crippen molar-refractivity contribution in [3.05, 3.63) is 102 Å². The molecule has 1 atom stereocenters. The van der Waals surface area contributed by atoms with Crippen molar-refractivity contribution < 1.29 is 23.0 Å². The smallest absolute Gasteiger partial charge is 0.270 e. The molecule has 0 aliphatic rings. The minimum atomic E-state index is -0.628. The van der Waals surface area contributed by atoms with Crippen molar-refractivity contribution in [3.8, 4) is 11.5 Å². The van der Waals surface area contributed by atoms with Crippen LogP contribution in [0.3, 0.4) is 0 Å². The second kappa shape index (κ2) is 16.1. The monoisotopic (exact) mass is 656 g/mol. The highest BCUT2D eigenvalue weighted by Gasteiger charge is 2.25. The zero-order chi connectivity index (χ0) is 35.2. The van der Waals surface area contributed by atoms with Crippen LogP contribution in [0.4, 0.5) is 8.78 Å². The molecular weight excluding hydrogens is 606 g/mol. The van der Waals surface area contributed by atoms with Gasteiger partial charge in [-0.2, -0.15) is 0 Å². The predicted molar refractivity (Wildman–Crippen MR) is 181 cm³/mol. The molecule has 0 radical (unpaired) electrons. The van der Waals surface area contributed by atoms with Crippen molar-refractivity contribution in [3.63, 3.8) is 0 Å². The third-order valence-electron chi connectivity index (χ3n) is 7.50. The number of nitrogens with zero attached hydrogens (tertiary/aromatic N) is 2. The lowest BCUT2D eigenvalue weighted by molar-refractivity contribution is 0.0898. The van der Waals surface area contributed by atoms with Gasteiger partial charge >= 0.3 is 0 Å². The van der Waals surface area contributed by atoms with Gasteiger partial charge < -0.3 is 14.2 Å². The van der Waals surface area contributed by atoms with Crippen molar-refractivity contribution >= 4 is 0 Å². The molecule has 2 aromatic carbocycles. The molecule has 4 rings (SSSR count). The lowest BCUT2D eigenvalue weighted by Gasteiger charge is -2.19. The highest BCUT2D eigenvalue weighted by Crippen LogP contribution is 2.30. The molecule has 2 N–H and O–H groups in total. The van der Waals surface area contributed by atoms with Crippen LogP contribution in [-0.2, 0) is 11.2 Å². The maximum absolute atomic E-state index is 14.4. The van der Waals surface area contributed by atoms with Crippen LogP contribution >= 0.6 is 0 Å². The van der Waals surface area contributed by atoms with E-state index in [0.717, 1.165) is 17.0 Å². The summed E-state index contributed by atoms with van der Waals surface area (Å²) in [5.41, 5.74) is 3.87. The Labute approximate surface area is 275 Å².